The summed E-state index contributed by atoms with van der Waals surface area (Å²) in [5, 5.41) is 0. The van der Waals surface area contributed by atoms with Crippen molar-refractivity contribution in [2.75, 3.05) is 7.11 Å². The van der Waals surface area contributed by atoms with Crippen molar-refractivity contribution in [2.45, 2.75) is 51.6 Å². The van der Waals surface area contributed by atoms with Crippen LogP contribution < -0.4 is 0 Å². The van der Waals surface area contributed by atoms with Gasteiger partial charge in [-0.15, -0.1) is 0 Å². The van der Waals surface area contributed by atoms with Gasteiger partial charge in [-0.3, -0.25) is 0 Å². The molecule has 0 radical (unpaired) electrons. The first kappa shape index (κ1) is 9.21. The summed E-state index contributed by atoms with van der Waals surface area (Å²) in [4.78, 5) is 0. The van der Waals surface area contributed by atoms with E-state index in [9.17, 15) is 0 Å². The molecule has 0 N–H and O–H groups in total. The molecule has 1 heteroatoms. The van der Waals surface area contributed by atoms with Gasteiger partial charge in [-0.25, -0.2) is 0 Å². The first-order valence-electron chi connectivity index (χ1n) is 6.24. The van der Waals surface area contributed by atoms with Crippen LogP contribution in [0.4, 0.5) is 0 Å². The van der Waals surface area contributed by atoms with Crippen molar-refractivity contribution in [1.29, 1.82) is 0 Å². The third kappa shape index (κ3) is 1.18. The Hall–Kier alpha value is -0.0400. The van der Waals surface area contributed by atoms with Crippen LogP contribution in [0.2, 0.25) is 0 Å². The molecule has 1 nitrogen and oxygen atoms in total. The number of ether oxygens (including phenoxy) is 1. The average Bonchev–Trinajstić information content (AvgIpc) is 2.14. The molecule has 0 unspecified atom stereocenters. The van der Waals surface area contributed by atoms with Gasteiger partial charge in [-0.2, -0.15) is 0 Å². The molecule has 80 valence electrons. The zero-order valence-electron chi connectivity index (χ0n) is 9.46. The molecule has 4 rings (SSSR count). The molecule has 0 saturated heterocycles. The van der Waals surface area contributed by atoms with Crippen LogP contribution in [0.3, 0.4) is 0 Å². The van der Waals surface area contributed by atoms with Gasteiger partial charge in [0.05, 0.1) is 6.10 Å². The maximum atomic E-state index is 5.64. The maximum absolute atomic E-state index is 5.64. The third-order valence-electron chi connectivity index (χ3n) is 5.30. The zero-order chi connectivity index (χ0) is 9.76. The maximum Gasteiger partial charge on any atom is 0.0599 e. The van der Waals surface area contributed by atoms with Crippen LogP contribution in [0, 0.1) is 23.2 Å². The van der Waals surface area contributed by atoms with Gasteiger partial charge in [0.25, 0.3) is 0 Å². The predicted octanol–water partition coefficient (Wildman–Crippen LogP) is 3.24. The molecule has 4 aliphatic carbocycles. The first-order chi connectivity index (χ1) is 6.72. The van der Waals surface area contributed by atoms with Crippen LogP contribution in [0.25, 0.3) is 0 Å². The van der Waals surface area contributed by atoms with Crippen molar-refractivity contribution < 1.29 is 4.74 Å². The van der Waals surface area contributed by atoms with Crippen molar-refractivity contribution in [3.8, 4) is 0 Å². The van der Waals surface area contributed by atoms with E-state index in [4.69, 9.17) is 4.74 Å². The quantitative estimate of drug-likeness (QED) is 0.655. The van der Waals surface area contributed by atoms with E-state index < -0.39 is 0 Å². The molecule has 0 aliphatic heterocycles. The van der Waals surface area contributed by atoms with Gasteiger partial charge in [0.2, 0.25) is 0 Å². The minimum Gasteiger partial charge on any atom is -0.381 e. The minimum absolute atomic E-state index is 0.496. The molecule has 4 saturated carbocycles. The second kappa shape index (κ2) is 2.98. The monoisotopic (exact) mass is 194 g/mol. The predicted molar refractivity (Wildman–Crippen MR) is 57.1 cm³/mol. The fourth-order valence-electron chi connectivity index (χ4n) is 4.93. The van der Waals surface area contributed by atoms with Crippen LogP contribution in [0.5, 0.6) is 0 Å². The van der Waals surface area contributed by atoms with Gasteiger partial charge >= 0.3 is 0 Å². The second-order valence-corrected chi connectivity index (χ2v) is 6.16. The number of rotatable bonds is 2. The van der Waals surface area contributed by atoms with Crippen LogP contribution in [-0.4, -0.2) is 13.2 Å². The highest BCUT2D eigenvalue weighted by Gasteiger charge is 2.53. The van der Waals surface area contributed by atoms with E-state index in [1.165, 1.54) is 38.5 Å². The van der Waals surface area contributed by atoms with Crippen molar-refractivity contribution in [1.82, 2.24) is 0 Å². The van der Waals surface area contributed by atoms with Crippen LogP contribution in [0.15, 0.2) is 0 Å². The summed E-state index contributed by atoms with van der Waals surface area (Å²) in [6.07, 6.45) is 9.51. The smallest absolute Gasteiger partial charge is 0.0599 e. The Morgan fingerprint density at radius 1 is 1.00 bits per heavy atom. The van der Waals surface area contributed by atoms with Crippen LogP contribution in [-0.2, 0) is 4.74 Å². The van der Waals surface area contributed by atoms with Crippen molar-refractivity contribution in [2.24, 2.45) is 23.2 Å². The topological polar surface area (TPSA) is 9.23 Å². The van der Waals surface area contributed by atoms with E-state index >= 15 is 0 Å². The lowest BCUT2D eigenvalue weighted by Gasteiger charge is -2.58. The van der Waals surface area contributed by atoms with Crippen LogP contribution in [0.1, 0.15) is 45.4 Å². The van der Waals surface area contributed by atoms with Gasteiger partial charge in [-0.05, 0) is 68.6 Å². The highest BCUT2D eigenvalue weighted by molar-refractivity contribution is 5.03. The standard InChI is InChI=1S/C13H22O/c1-9(14-2)13-6-10-3-11(7-13)5-12(4-10)8-13/h9-12H,3-8H2,1-2H3/t9-,10?,11?,12?,13?/m0/s1. The molecule has 0 amide bonds. The lowest BCUT2D eigenvalue weighted by atomic mass is 9.48. The molecular weight excluding hydrogens is 172 g/mol. The van der Waals surface area contributed by atoms with Gasteiger partial charge in [-0.1, -0.05) is 0 Å². The number of hydrogen-bond donors (Lipinski definition) is 0. The molecule has 0 aromatic heterocycles. The summed E-state index contributed by atoms with van der Waals surface area (Å²) in [6.45, 7) is 2.30. The van der Waals surface area contributed by atoms with Gasteiger partial charge in [0, 0.05) is 7.11 Å². The van der Waals surface area contributed by atoms with Crippen molar-refractivity contribution in [3.63, 3.8) is 0 Å². The fourth-order valence-corrected chi connectivity index (χ4v) is 4.93. The zero-order valence-corrected chi connectivity index (χ0v) is 9.46. The SMILES string of the molecule is CO[C@@H](C)C12CC3CC(CC(C3)C1)C2. The number of methoxy groups -OCH3 is 1. The van der Waals surface area contributed by atoms with E-state index in [-0.39, 0.29) is 0 Å². The molecule has 0 heterocycles. The molecule has 4 bridgehead atoms. The highest BCUT2D eigenvalue weighted by Crippen LogP contribution is 2.61. The molecule has 14 heavy (non-hydrogen) atoms. The minimum atomic E-state index is 0.496. The highest BCUT2D eigenvalue weighted by atomic mass is 16.5. The van der Waals surface area contributed by atoms with E-state index in [0.29, 0.717) is 11.5 Å². The van der Waals surface area contributed by atoms with Gasteiger partial charge in [0.15, 0.2) is 0 Å². The molecule has 0 aromatic rings. The van der Waals surface area contributed by atoms with E-state index in [1.807, 2.05) is 7.11 Å². The molecule has 1 atom stereocenters. The van der Waals surface area contributed by atoms with Gasteiger partial charge < -0.3 is 4.74 Å². The first-order valence-corrected chi connectivity index (χ1v) is 6.24. The Bertz CT molecular complexity index is 198. The molecular formula is C13H22O. The third-order valence-corrected chi connectivity index (χ3v) is 5.30. The summed E-state index contributed by atoms with van der Waals surface area (Å²) in [5.74, 6) is 3.16. The summed E-state index contributed by atoms with van der Waals surface area (Å²) in [6, 6.07) is 0. The Morgan fingerprint density at radius 3 is 1.79 bits per heavy atom. The summed E-state index contributed by atoms with van der Waals surface area (Å²) in [7, 11) is 1.89. The van der Waals surface area contributed by atoms with E-state index in [0.717, 1.165) is 17.8 Å². The normalized spacial score (nSPS) is 52.3. The van der Waals surface area contributed by atoms with Crippen molar-refractivity contribution >= 4 is 0 Å². The van der Waals surface area contributed by atoms with E-state index in [2.05, 4.69) is 6.92 Å². The Labute approximate surface area is 87.2 Å². The second-order valence-electron chi connectivity index (χ2n) is 6.16. The fraction of sp³-hybridized carbons (Fsp3) is 1.00. The number of hydrogen-bond acceptors (Lipinski definition) is 1. The lowest BCUT2D eigenvalue weighted by Crippen LogP contribution is -2.51. The molecule has 4 aliphatic rings. The summed E-state index contributed by atoms with van der Waals surface area (Å²) >= 11 is 0. The van der Waals surface area contributed by atoms with E-state index in [1.54, 1.807) is 0 Å². The largest absolute Gasteiger partial charge is 0.381 e. The Morgan fingerprint density at radius 2 is 1.43 bits per heavy atom. The molecule has 0 aromatic carbocycles. The van der Waals surface area contributed by atoms with Crippen molar-refractivity contribution in [3.05, 3.63) is 0 Å². The molecule has 4 fully saturated rings. The Balaban J connectivity index is 1.87. The lowest BCUT2D eigenvalue weighted by molar-refractivity contribution is -0.125. The summed E-state index contributed by atoms with van der Waals surface area (Å²) in [5.41, 5.74) is 0.587. The molecule has 0 spiro atoms. The average molecular weight is 194 g/mol. The van der Waals surface area contributed by atoms with Crippen LogP contribution >= 0.6 is 0 Å². The van der Waals surface area contributed by atoms with Gasteiger partial charge in [0.1, 0.15) is 0 Å². The summed E-state index contributed by atoms with van der Waals surface area (Å²) < 4.78 is 5.64. The Kier molecular flexibility index (Phi) is 1.96.